The molecule has 0 aliphatic heterocycles. The first kappa shape index (κ1) is 20.3. The van der Waals surface area contributed by atoms with Gasteiger partial charge in [0.2, 0.25) is 5.91 Å². The minimum Gasteiger partial charge on any atom is -0.325 e. The smallest absolute Gasteiger partial charge is 0.325 e. The van der Waals surface area contributed by atoms with Crippen molar-refractivity contribution in [2.24, 2.45) is 0 Å². The maximum absolute atomic E-state index is 12.7. The molecular formula is C14H17F3NO5P. The van der Waals surface area contributed by atoms with E-state index < -0.39 is 31.4 Å². The summed E-state index contributed by atoms with van der Waals surface area (Å²) in [4.78, 5) is 22.9. The number of aldehydes is 1. The van der Waals surface area contributed by atoms with Crippen molar-refractivity contribution < 1.29 is 36.4 Å². The number of amides is 1. The molecule has 1 aromatic rings. The number of nitrogens with one attached hydrogen (secondary N) is 1. The molecule has 1 amide bonds. The predicted molar refractivity (Wildman–Crippen MR) is 81.2 cm³/mol. The maximum Gasteiger partial charge on any atom is 0.416 e. The Morgan fingerprint density at radius 2 is 1.83 bits per heavy atom. The third kappa shape index (κ3) is 5.74. The lowest BCUT2D eigenvalue weighted by atomic mass is 10.1. The van der Waals surface area contributed by atoms with Crippen molar-refractivity contribution in [3.8, 4) is 0 Å². The van der Waals surface area contributed by atoms with E-state index >= 15 is 0 Å². The number of benzene rings is 1. The first-order chi connectivity index (χ1) is 11.1. The second-order valence-electron chi connectivity index (χ2n) is 4.57. The van der Waals surface area contributed by atoms with Crippen LogP contribution in [0.15, 0.2) is 18.2 Å². The van der Waals surface area contributed by atoms with E-state index in [2.05, 4.69) is 5.32 Å². The van der Waals surface area contributed by atoms with Gasteiger partial charge in [0.05, 0.1) is 24.5 Å². The molecule has 0 saturated carbocycles. The van der Waals surface area contributed by atoms with Crippen molar-refractivity contribution in [3.05, 3.63) is 29.3 Å². The van der Waals surface area contributed by atoms with E-state index in [1.807, 2.05) is 0 Å². The molecule has 24 heavy (non-hydrogen) atoms. The van der Waals surface area contributed by atoms with Crippen LogP contribution in [0.25, 0.3) is 0 Å². The molecule has 1 N–H and O–H groups in total. The second kappa shape index (κ2) is 8.41. The van der Waals surface area contributed by atoms with Crippen molar-refractivity contribution in [3.63, 3.8) is 0 Å². The van der Waals surface area contributed by atoms with Crippen LogP contribution in [0, 0.1) is 0 Å². The number of carbonyl (C=O) groups excluding carboxylic acids is 2. The third-order valence-corrected chi connectivity index (χ3v) is 4.75. The normalized spacial score (nSPS) is 12.0. The Balaban J connectivity index is 3.00. The number of rotatable bonds is 8. The molecule has 0 aromatic heterocycles. The minimum absolute atomic E-state index is 0.0354. The second-order valence-corrected chi connectivity index (χ2v) is 6.62. The highest BCUT2D eigenvalue weighted by atomic mass is 31.2. The van der Waals surface area contributed by atoms with Crippen LogP contribution in [0.5, 0.6) is 0 Å². The molecule has 0 aliphatic carbocycles. The highest BCUT2D eigenvalue weighted by Gasteiger charge is 2.32. The molecule has 1 aromatic carbocycles. The van der Waals surface area contributed by atoms with E-state index in [9.17, 15) is 27.3 Å². The van der Waals surface area contributed by atoms with Crippen molar-refractivity contribution in [1.82, 2.24) is 0 Å². The van der Waals surface area contributed by atoms with Gasteiger partial charge in [0.1, 0.15) is 6.16 Å². The van der Waals surface area contributed by atoms with Crippen LogP contribution in [0.2, 0.25) is 0 Å². The standard InChI is InChI=1S/C14H17F3NO5P/c1-3-22-24(21,23-4-2)9-13(20)18-12-7-11(14(15,16)17)6-5-10(12)8-19/h5-8H,3-4,9H2,1-2H3,(H,18,20). The number of alkyl halides is 3. The first-order valence-electron chi connectivity index (χ1n) is 6.99. The van der Waals surface area contributed by atoms with Crippen LogP contribution >= 0.6 is 7.60 Å². The fourth-order valence-corrected chi connectivity index (χ4v) is 3.31. The fraction of sp³-hybridized carbons (Fsp3) is 0.429. The monoisotopic (exact) mass is 367 g/mol. The van der Waals surface area contributed by atoms with Gasteiger partial charge in [-0.1, -0.05) is 0 Å². The van der Waals surface area contributed by atoms with Crippen molar-refractivity contribution in [2.45, 2.75) is 20.0 Å². The zero-order chi connectivity index (χ0) is 18.4. The van der Waals surface area contributed by atoms with E-state index in [0.717, 1.165) is 12.1 Å². The summed E-state index contributed by atoms with van der Waals surface area (Å²) in [6, 6.07) is 2.30. The molecule has 0 unspecified atom stereocenters. The van der Waals surface area contributed by atoms with Gasteiger partial charge in [0.25, 0.3) is 0 Å². The summed E-state index contributed by atoms with van der Waals surface area (Å²) in [5.41, 5.74) is -1.50. The molecule has 1 rings (SSSR count). The summed E-state index contributed by atoms with van der Waals surface area (Å²) >= 11 is 0. The number of anilines is 1. The van der Waals surface area contributed by atoms with Crippen LogP contribution in [-0.4, -0.2) is 31.6 Å². The molecule has 0 heterocycles. The molecule has 6 nitrogen and oxygen atoms in total. The molecule has 10 heteroatoms. The SMILES string of the molecule is CCOP(=O)(CC(=O)Nc1cc(C(F)(F)F)ccc1C=O)OCC. The van der Waals surface area contributed by atoms with Gasteiger partial charge in [-0.2, -0.15) is 13.2 Å². The summed E-state index contributed by atoms with van der Waals surface area (Å²) in [5.74, 6) is -0.886. The van der Waals surface area contributed by atoms with Crippen molar-refractivity contribution in [1.29, 1.82) is 0 Å². The summed E-state index contributed by atoms with van der Waals surface area (Å²) in [5, 5.41) is 2.14. The van der Waals surface area contributed by atoms with Crippen LogP contribution < -0.4 is 5.32 Å². The molecule has 0 saturated heterocycles. The number of hydrogen-bond acceptors (Lipinski definition) is 5. The summed E-state index contributed by atoms with van der Waals surface area (Å²) in [6.45, 7) is 3.18. The lowest BCUT2D eigenvalue weighted by Crippen LogP contribution is -2.19. The third-order valence-electron chi connectivity index (χ3n) is 2.77. The Morgan fingerprint density at radius 1 is 1.25 bits per heavy atom. The van der Waals surface area contributed by atoms with Gasteiger partial charge in [-0.15, -0.1) is 0 Å². The van der Waals surface area contributed by atoms with Crippen molar-refractivity contribution in [2.75, 3.05) is 24.7 Å². The molecular weight excluding hydrogens is 350 g/mol. The highest BCUT2D eigenvalue weighted by molar-refractivity contribution is 7.54. The molecule has 0 fully saturated rings. The minimum atomic E-state index is -4.63. The Kier molecular flexibility index (Phi) is 7.13. The average Bonchev–Trinajstić information content (AvgIpc) is 2.46. The Hall–Kier alpha value is -1.70. The summed E-state index contributed by atoms with van der Waals surface area (Å²) in [7, 11) is -3.70. The molecule has 0 radical (unpaired) electrons. The van der Waals surface area contributed by atoms with Crippen LogP contribution in [0.4, 0.5) is 18.9 Å². The quantitative estimate of drug-likeness (QED) is 0.559. The Morgan fingerprint density at radius 3 is 2.29 bits per heavy atom. The number of halogens is 3. The molecule has 0 spiro atoms. The molecule has 0 atom stereocenters. The van der Waals surface area contributed by atoms with Gasteiger partial charge in [0.15, 0.2) is 6.29 Å². The lowest BCUT2D eigenvalue weighted by molar-refractivity contribution is -0.137. The van der Waals surface area contributed by atoms with Gasteiger partial charge < -0.3 is 14.4 Å². The number of hydrogen-bond donors (Lipinski definition) is 1. The average molecular weight is 367 g/mol. The lowest BCUT2D eigenvalue weighted by Gasteiger charge is -2.17. The zero-order valence-electron chi connectivity index (χ0n) is 13.1. The van der Waals surface area contributed by atoms with Gasteiger partial charge in [-0.3, -0.25) is 14.2 Å². The van der Waals surface area contributed by atoms with Crippen molar-refractivity contribution >= 4 is 25.5 Å². The topological polar surface area (TPSA) is 81.7 Å². The molecule has 134 valence electrons. The predicted octanol–water partition coefficient (Wildman–Crippen LogP) is 3.72. The summed E-state index contributed by atoms with van der Waals surface area (Å²) in [6.07, 6.45) is -5.00. The van der Waals surface area contributed by atoms with Gasteiger partial charge in [0, 0.05) is 5.56 Å². The van der Waals surface area contributed by atoms with E-state index in [-0.39, 0.29) is 24.5 Å². The molecule has 0 aliphatic rings. The van der Waals surface area contributed by atoms with Crippen LogP contribution in [0.3, 0.4) is 0 Å². The first-order valence-corrected chi connectivity index (χ1v) is 8.72. The van der Waals surface area contributed by atoms with E-state index in [4.69, 9.17) is 9.05 Å². The number of carbonyl (C=O) groups is 2. The van der Waals surface area contributed by atoms with E-state index in [0.29, 0.717) is 12.4 Å². The van der Waals surface area contributed by atoms with Crippen LogP contribution in [-0.2, 0) is 24.6 Å². The van der Waals surface area contributed by atoms with Gasteiger partial charge in [-0.05, 0) is 32.0 Å². The molecule has 0 bridgehead atoms. The van der Waals surface area contributed by atoms with E-state index in [1.165, 1.54) is 0 Å². The van der Waals surface area contributed by atoms with Gasteiger partial charge >= 0.3 is 13.8 Å². The maximum atomic E-state index is 12.7. The van der Waals surface area contributed by atoms with Crippen LogP contribution in [0.1, 0.15) is 29.8 Å². The highest BCUT2D eigenvalue weighted by Crippen LogP contribution is 2.47. The largest absolute Gasteiger partial charge is 0.416 e. The zero-order valence-corrected chi connectivity index (χ0v) is 13.9. The Labute approximate surface area is 136 Å². The fourth-order valence-electron chi connectivity index (χ4n) is 1.83. The Bertz CT molecular complexity index is 638. The van der Waals surface area contributed by atoms with Gasteiger partial charge in [-0.25, -0.2) is 0 Å². The van der Waals surface area contributed by atoms with E-state index in [1.54, 1.807) is 13.8 Å². The summed E-state index contributed by atoms with van der Waals surface area (Å²) < 4.78 is 60.3.